The summed E-state index contributed by atoms with van der Waals surface area (Å²) in [6.07, 6.45) is 6.68. The Morgan fingerprint density at radius 3 is 2.57 bits per heavy atom. The summed E-state index contributed by atoms with van der Waals surface area (Å²) in [5.74, 6) is 1.27. The SMILES string of the molecule is COc1ccccc1OCCN(C)C(=O)/C=C/c1ccncc1. The molecule has 5 heteroatoms. The zero-order valence-electron chi connectivity index (χ0n) is 13.3. The molecule has 0 aliphatic carbocycles. The lowest BCUT2D eigenvalue weighted by Gasteiger charge is -2.16. The number of para-hydroxylation sites is 2. The first kappa shape index (κ1) is 16.5. The van der Waals surface area contributed by atoms with Crippen molar-refractivity contribution in [1.29, 1.82) is 0 Å². The Hall–Kier alpha value is -2.82. The Kier molecular flexibility index (Phi) is 6.17. The molecule has 0 bridgehead atoms. The van der Waals surface area contributed by atoms with Crippen LogP contribution in [0.2, 0.25) is 0 Å². The minimum Gasteiger partial charge on any atom is -0.493 e. The predicted molar refractivity (Wildman–Crippen MR) is 89.4 cm³/mol. The first-order chi connectivity index (χ1) is 11.2. The third-order valence-electron chi connectivity index (χ3n) is 3.25. The van der Waals surface area contributed by atoms with Crippen molar-refractivity contribution in [2.45, 2.75) is 0 Å². The van der Waals surface area contributed by atoms with Crippen molar-refractivity contribution in [3.63, 3.8) is 0 Å². The molecule has 0 saturated heterocycles. The zero-order valence-corrected chi connectivity index (χ0v) is 13.3. The minimum atomic E-state index is -0.0783. The summed E-state index contributed by atoms with van der Waals surface area (Å²) in [5, 5.41) is 0. The minimum absolute atomic E-state index is 0.0783. The van der Waals surface area contributed by atoms with Gasteiger partial charge in [-0.2, -0.15) is 0 Å². The smallest absolute Gasteiger partial charge is 0.246 e. The molecule has 120 valence electrons. The molecule has 2 aromatic rings. The first-order valence-corrected chi connectivity index (χ1v) is 7.29. The van der Waals surface area contributed by atoms with Crippen molar-refractivity contribution in [2.75, 3.05) is 27.3 Å². The van der Waals surface area contributed by atoms with Crippen molar-refractivity contribution in [2.24, 2.45) is 0 Å². The van der Waals surface area contributed by atoms with E-state index in [-0.39, 0.29) is 5.91 Å². The van der Waals surface area contributed by atoms with Gasteiger partial charge in [0.05, 0.1) is 13.7 Å². The van der Waals surface area contributed by atoms with Crippen LogP contribution < -0.4 is 9.47 Å². The van der Waals surface area contributed by atoms with E-state index in [0.29, 0.717) is 24.7 Å². The van der Waals surface area contributed by atoms with Crippen LogP contribution in [0, 0.1) is 0 Å². The third kappa shape index (κ3) is 5.14. The fraction of sp³-hybridized carbons (Fsp3) is 0.222. The van der Waals surface area contributed by atoms with Crippen LogP contribution >= 0.6 is 0 Å². The number of carbonyl (C=O) groups is 1. The third-order valence-corrected chi connectivity index (χ3v) is 3.25. The van der Waals surface area contributed by atoms with Crippen LogP contribution in [0.1, 0.15) is 5.56 Å². The number of ether oxygens (including phenoxy) is 2. The molecule has 23 heavy (non-hydrogen) atoms. The van der Waals surface area contributed by atoms with Crippen LogP contribution in [0.5, 0.6) is 11.5 Å². The number of hydrogen-bond donors (Lipinski definition) is 0. The second kappa shape index (κ2) is 8.58. The van der Waals surface area contributed by atoms with Crippen LogP contribution in [-0.2, 0) is 4.79 Å². The van der Waals surface area contributed by atoms with Crippen LogP contribution in [0.25, 0.3) is 6.08 Å². The number of hydrogen-bond acceptors (Lipinski definition) is 4. The Balaban J connectivity index is 1.81. The van der Waals surface area contributed by atoms with Gasteiger partial charge in [0.25, 0.3) is 0 Å². The van der Waals surface area contributed by atoms with Crippen LogP contribution in [0.3, 0.4) is 0 Å². The van der Waals surface area contributed by atoms with Crippen molar-refractivity contribution in [3.05, 3.63) is 60.4 Å². The van der Waals surface area contributed by atoms with E-state index in [1.807, 2.05) is 36.4 Å². The molecule has 0 radical (unpaired) electrons. The maximum atomic E-state index is 12.0. The highest BCUT2D eigenvalue weighted by Crippen LogP contribution is 2.25. The van der Waals surface area contributed by atoms with Gasteiger partial charge >= 0.3 is 0 Å². The van der Waals surface area contributed by atoms with Gasteiger partial charge in [0, 0.05) is 25.5 Å². The number of pyridine rings is 1. The molecule has 0 N–H and O–H groups in total. The molecule has 5 nitrogen and oxygen atoms in total. The van der Waals surface area contributed by atoms with Gasteiger partial charge in [-0.1, -0.05) is 12.1 Å². The lowest BCUT2D eigenvalue weighted by molar-refractivity contribution is -0.125. The van der Waals surface area contributed by atoms with E-state index >= 15 is 0 Å². The molecule has 0 spiro atoms. The molecule has 1 heterocycles. The first-order valence-electron chi connectivity index (χ1n) is 7.29. The maximum Gasteiger partial charge on any atom is 0.246 e. The standard InChI is InChI=1S/C18H20N2O3/c1-20(18(21)8-7-15-9-11-19-12-10-15)13-14-23-17-6-4-3-5-16(17)22-2/h3-12H,13-14H2,1-2H3/b8-7+. The second-order valence-corrected chi connectivity index (χ2v) is 4.87. The Labute approximate surface area is 136 Å². The van der Waals surface area contributed by atoms with Crippen LogP contribution in [0.4, 0.5) is 0 Å². The van der Waals surface area contributed by atoms with Crippen LogP contribution in [0.15, 0.2) is 54.9 Å². The summed E-state index contributed by atoms with van der Waals surface area (Å²) in [6, 6.07) is 11.1. The average molecular weight is 312 g/mol. The highest BCUT2D eigenvalue weighted by Gasteiger charge is 2.06. The number of likely N-dealkylation sites (N-methyl/N-ethyl adjacent to an activating group) is 1. The van der Waals surface area contributed by atoms with E-state index < -0.39 is 0 Å². The molecular formula is C18H20N2O3. The fourth-order valence-corrected chi connectivity index (χ4v) is 1.91. The zero-order chi connectivity index (χ0) is 16.5. The molecule has 1 aromatic carbocycles. The van der Waals surface area contributed by atoms with Crippen LogP contribution in [-0.4, -0.2) is 43.1 Å². The molecule has 0 atom stereocenters. The Bertz CT molecular complexity index is 656. The average Bonchev–Trinajstić information content (AvgIpc) is 2.60. The summed E-state index contributed by atoms with van der Waals surface area (Å²) >= 11 is 0. The maximum absolute atomic E-state index is 12.0. The Morgan fingerprint density at radius 2 is 1.87 bits per heavy atom. The van der Waals surface area contributed by atoms with E-state index in [4.69, 9.17) is 9.47 Å². The van der Waals surface area contributed by atoms with Gasteiger partial charge in [-0.05, 0) is 35.9 Å². The highest BCUT2D eigenvalue weighted by molar-refractivity contribution is 5.91. The van der Waals surface area contributed by atoms with Gasteiger partial charge in [0.15, 0.2) is 11.5 Å². The van der Waals surface area contributed by atoms with Gasteiger partial charge in [-0.15, -0.1) is 0 Å². The summed E-state index contributed by atoms with van der Waals surface area (Å²) in [4.78, 5) is 17.6. The summed E-state index contributed by atoms with van der Waals surface area (Å²) < 4.78 is 10.9. The normalized spacial score (nSPS) is 10.5. The highest BCUT2D eigenvalue weighted by atomic mass is 16.5. The monoisotopic (exact) mass is 312 g/mol. The quantitative estimate of drug-likeness (QED) is 0.738. The lowest BCUT2D eigenvalue weighted by atomic mass is 10.2. The number of carbonyl (C=O) groups excluding carboxylic acids is 1. The molecule has 0 aliphatic heterocycles. The van der Waals surface area contributed by atoms with Gasteiger partial charge in [-0.25, -0.2) is 0 Å². The summed E-state index contributed by atoms with van der Waals surface area (Å²) in [7, 11) is 3.34. The second-order valence-electron chi connectivity index (χ2n) is 4.87. The van der Waals surface area contributed by atoms with E-state index in [9.17, 15) is 4.79 Å². The van der Waals surface area contributed by atoms with E-state index in [1.54, 1.807) is 43.6 Å². The molecule has 2 rings (SSSR count). The number of amides is 1. The topological polar surface area (TPSA) is 51.7 Å². The molecular weight excluding hydrogens is 292 g/mol. The van der Waals surface area contributed by atoms with E-state index in [0.717, 1.165) is 5.56 Å². The Morgan fingerprint density at radius 1 is 1.17 bits per heavy atom. The predicted octanol–water partition coefficient (Wildman–Crippen LogP) is 2.64. The molecule has 1 amide bonds. The van der Waals surface area contributed by atoms with Gasteiger partial charge in [0.2, 0.25) is 5.91 Å². The van der Waals surface area contributed by atoms with Crippen molar-refractivity contribution in [3.8, 4) is 11.5 Å². The van der Waals surface area contributed by atoms with Gasteiger partial charge in [-0.3, -0.25) is 9.78 Å². The van der Waals surface area contributed by atoms with Crippen molar-refractivity contribution >= 4 is 12.0 Å². The number of rotatable bonds is 7. The molecule has 0 unspecified atom stereocenters. The number of benzene rings is 1. The molecule has 0 aliphatic rings. The molecule has 0 fully saturated rings. The number of nitrogens with zero attached hydrogens (tertiary/aromatic N) is 2. The number of methoxy groups -OCH3 is 1. The van der Waals surface area contributed by atoms with Gasteiger partial charge < -0.3 is 14.4 Å². The van der Waals surface area contributed by atoms with Crippen molar-refractivity contribution in [1.82, 2.24) is 9.88 Å². The summed E-state index contributed by atoms with van der Waals surface area (Å²) in [5.41, 5.74) is 0.937. The number of aromatic nitrogens is 1. The summed E-state index contributed by atoms with van der Waals surface area (Å²) in [6.45, 7) is 0.878. The van der Waals surface area contributed by atoms with Crippen molar-refractivity contribution < 1.29 is 14.3 Å². The molecule has 0 saturated carbocycles. The van der Waals surface area contributed by atoms with E-state index in [2.05, 4.69) is 4.98 Å². The van der Waals surface area contributed by atoms with E-state index in [1.165, 1.54) is 0 Å². The largest absolute Gasteiger partial charge is 0.493 e. The van der Waals surface area contributed by atoms with Gasteiger partial charge in [0.1, 0.15) is 6.61 Å². The fourth-order valence-electron chi connectivity index (χ4n) is 1.91. The molecule has 1 aromatic heterocycles. The lowest BCUT2D eigenvalue weighted by Crippen LogP contribution is -2.29.